The molecule has 0 fully saturated rings. The zero-order valence-corrected chi connectivity index (χ0v) is 8.84. The lowest BCUT2D eigenvalue weighted by atomic mass is 10.2. The summed E-state index contributed by atoms with van der Waals surface area (Å²) in [5.74, 6) is 0. The number of unbranched alkanes of at least 4 members (excludes halogenated alkanes) is 1. The van der Waals surface area contributed by atoms with E-state index in [4.69, 9.17) is 4.74 Å². The highest BCUT2D eigenvalue weighted by Crippen LogP contribution is 2.07. The van der Waals surface area contributed by atoms with Crippen LogP contribution in [0.15, 0.2) is 12.7 Å². The standard InChI is InChI=1S/C10H21NO2/c1-5-6-7-8-11-9(12)13-10(2,3)4/h5,9,11-12H,1,6-8H2,2-4H3. The first-order chi connectivity index (χ1) is 5.95. The van der Waals surface area contributed by atoms with Crippen molar-refractivity contribution in [2.24, 2.45) is 0 Å². The lowest BCUT2D eigenvalue weighted by Gasteiger charge is -2.24. The summed E-state index contributed by atoms with van der Waals surface area (Å²) in [6.07, 6.45) is 2.91. The quantitative estimate of drug-likeness (QED) is 0.377. The number of ether oxygens (including phenoxy) is 1. The number of aliphatic hydroxyl groups excluding tert-OH is 1. The van der Waals surface area contributed by atoms with Crippen molar-refractivity contribution >= 4 is 0 Å². The third kappa shape index (κ3) is 9.53. The first kappa shape index (κ1) is 12.6. The Labute approximate surface area is 80.8 Å². The van der Waals surface area contributed by atoms with E-state index >= 15 is 0 Å². The fourth-order valence-electron chi connectivity index (χ4n) is 0.848. The van der Waals surface area contributed by atoms with Crippen molar-refractivity contribution in [1.82, 2.24) is 5.32 Å². The van der Waals surface area contributed by atoms with Crippen LogP contribution in [0.25, 0.3) is 0 Å². The van der Waals surface area contributed by atoms with Crippen LogP contribution in [0.4, 0.5) is 0 Å². The van der Waals surface area contributed by atoms with Crippen molar-refractivity contribution in [2.45, 2.75) is 45.6 Å². The zero-order chi connectivity index (χ0) is 10.3. The van der Waals surface area contributed by atoms with Crippen LogP contribution in [0, 0.1) is 0 Å². The summed E-state index contributed by atoms with van der Waals surface area (Å²) in [5, 5.41) is 12.2. The van der Waals surface area contributed by atoms with Gasteiger partial charge >= 0.3 is 0 Å². The second-order valence-corrected chi connectivity index (χ2v) is 3.97. The van der Waals surface area contributed by atoms with Gasteiger partial charge in [0.15, 0.2) is 0 Å². The number of hydrogen-bond acceptors (Lipinski definition) is 3. The molecule has 0 saturated carbocycles. The van der Waals surface area contributed by atoms with Gasteiger partial charge < -0.3 is 9.84 Å². The van der Waals surface area contributed by atoms with Crippen LogP contribution in [0.2, 0.25) is 0 Å². The van der Waals surface area contributed by atoms with Crippen LogP contribution in [-0.4, -0.2) is 23.7 Å². The molecule has 0 spiro atoms. The predicted octanol–water partition coefficient (Wildman–Crippen LogP) is 1.63. The molecule has 0 aromatic rings. The van der Waals surface area contributed by atoms with E-state index in [1.165, 1.54) is 0 Å². The van der Waals surface area contributed by atoms with Crippen LogP contribution in [0.5, 0.6) is 0 Å². The molecule has 1 atom stereocenters. The maximum absolute atomic E-state index is 9.32. The molecular weight excluding hydrogens is 166 g/mol. The highest BCUT2D eigenvalue weighted by atomic mass is 16.6. The average molecular weight is 187 g/mol. The van der Waals surface area contributed by atoms with Gasteiger partial charge in [0, 0.05) is 6.54 Å². The molecule has 0 aromatic heterocycles. The molecule has 3 heteroatoms. The van der Waals surface area contributed by atoms with Crippen LogP contribution in [-0.2, 0) is 4.74 Å². The third-order valence-corrected chi connectivity index (χ3v) is 1.37. The highest BCUT2D eigenvalue weighted by Gasteiger charge is 2.15. The maximum atomic E-state index is 9.32. The largest absolute Gasteiger partial charge is 0.356 e. The minimum atomic E-state index is -0.871. The van der Waals surface area contributed by atoms with Crippen molar-refractivity contribution in [3.63, 3.8) is 0 Å². The van der Waals surface area contributed by atoms with Crippen molar-refractivity contribution in [2.75, 3.05) is 6.54 Å². The number of hydrogen-bond donors (Lipinski definition) is 2. The number of aliphatic hydroxyl groups is 1. The first-order valence-electron chi connectivity index (χ1n) is 4.66. The van der Waals surface area contributed by atoms with E-state index in [0.717, 1.165) is 19.4 Å². The monoisotopic (exact) mass is 187 g/mol. The van der Waals surface area contributed by atoms with Crippen LogP contribution < -0.4 is 5.32 Å². The lowest BCUT2D eigenvalue weighted by Crippen LogP contribution is -2.38. The Morgan fingerprint density at radius 1 is 1.54 bits per heavy atom. The molecule has 0 aliphatic carbocycles. The minimum absolute atomic E-state index is 0.315. The first-order valence-corrected chi connectivity index (χ1v) is 4.66. The van der Waals surface area contributed by atoms with Crippen LogP contribution in [0.3, 0.4) is 0 Å². The van der Waals surface area contributed by atoms with Gasteiger partial charge in [0.1, 0.15) is 0 Å². The Morgan fingerprint density at radius 2 is 2.15 bits per heavy atom. The van der Waals surface area contributed by atoms with E-state index in [0.29, 0.717) is 0 Å². The molecule has 0 heterocycles. The summed E-state index contributed by atoms with van der Waals surface area (Å²) < 4.78 is 5.24. The van der Waals surface area contributed by atoms with Gasteiger partial charge in [-0.2, -0.15) is 0 Å². The zero-order valence-electron chi connectivity index (χ0n) is 8.84. The Hall–Kier alpha value is -0.380. The number of rotatable bonds is 6. The molecule has 0 radical (unpaired) electrons. The molecule has 13 heavy (non-hydrogen) atoms. The van der Waals surface area contributed by atoms with Crippen LogP contribution >= 0.6 is 0 Å². The van der Waals surface area contributed by atoms with Crippen molar-refractivity contribution in [3.8, 4) is 0 Å². The molecule has 2 N–H and O–H groups in total. The third-order valence-electron chi connectivity index (χ3n) is 1.37. The summed E-state index contributed by atoms with van der Waals surface area (Å²) in [6.45, 7) is 10.1. The second-order valence-electron chi connectivity index (χ2n) is 3.97. The molecule has 0 saturated heterocycles. The molecule has 78 valence electrons. The SMILES string of the molecule is C=CCCCNC(O)OC(C)(C)C. The number of allylic oxidation sites excluding steroid dienone is 1. The fourth-order valence-corrected chi connectivity index (χ4v) is 0.848. The Morgan fingerprint density at radius 3 is 2.62 bits per heavy atom. The highest BCUT2D eigenvalue weighted by molar-refractivity contribution is 4.66. The normalized spacial score (nSPS) is 14.2. The molecule has 1 unspecified atom stereocenters. The molecule has 0 aliphatic heterocycles. The van der Waals surface area contributed by atoms with E-state index in [9.17, 15) is 5.11 Å². The van der Waals surface area contributed by atoms with Crippen LogP contribution in [0.1, 0.15) is 33.6 Å². The van der Waals surface area contributed by atoms with E-state index in [1.807, 2.05) is 26.8 Å². The van der Waals surface area contributed by atoms with Gasteiger partial charge in [-0.05, 0) is 33.6 Å². The van der Waals surface area contributed by atoms with Gasteiger partial charge in [-0.25, -0.2) is 0 Å². The maximum Gasteiger partial charge on any atom is 0.214 e. The summed E-state index contributed by atoms with van der Waals surface area (Å²) in [5.41, 5.74) is -0.315. The Balaban J connectivity index is 3.40. The van der Waals surface area contributed by atoms with E-state index in [2.05, 4.69) is 11.9 Å². The van der Waals surface area contributed by atoms with Gasteiger partial charge in [0.25, 0.3) is 0 Å². The van der Waals surface area contributed by atoms with Gasteiger partial charge in [0.05, 0.1) is 5.60 Å². The van der Waals surface area contributed by atoms with Gasteiger partial charge in [0.2, 0.25) is 6.41 Å². The summed E-state index contributed by atoms with van der Waals surface area (Å²) in [6, 6.07) is 0. The van der Waals surface area contributed by atoms with E-state index in [-0.39, 0.29) is 5.60 Å². The van der Waals surface area contributed by atoms with Gasteiger partial charge in [-0.3, -0.25) is 5.32 Å². The lowest BCUT2D eigenvalue weighted by molar-refractivity contribution is -0.181. The van der Waals surface area contributed by atoms with E-state index in [1.54, 1.807) is 0 Å². The predicted molar refractivity (Wildman–Crippen MR) is 54.3 cm³/mol. The molecule has 0 rings (SSSR count). The summed E-state index contributed by atoms with van der Waals surface area (Å²) in [4.78, 5) is 0. The molecule has 0 aromatic carbocycles. The van der Waals surface area contributed by atoms with Gasteiger partial charge in [-0.1, -0.05) is 6.08 Å². The molecular formula is C10H21NO2. The Bertz CT molecular complexity index is 140. The van der Waals surface area contributed by atoms with Crippen molar-refractivity contribution < 1.29 is 9.84 Å². The average Bonchev–Trinajstić information content (AvgIpc) is 1.94. The molecule has 0 amide bonds. The summed E-state index contributed by atoms with van der Waals surface area (Å²) in [7, 11) is 0. The van der Waals surface area contributed by atoms with E-state index < -0.39 is 6.41 Å². The van der Waals surface area contributed by atoms with Gasteiger partial charge in [-0.15, -0.1) is 6.58 Å². The minimum Gasteiger partial charge on any atom is -0.356 e. The molecule has 3 nitrogen and oxygen atoms in total. The fraction of sp³-hybridized carbons (Fsp3) is 0.800. The molecule has 0 aliphatic rings. The number of nitrogens with one attached hydrogen (secondary N) is 1. The summed E-state index contributed by atoms with van der Waals surface area (Å²) >= 11 is 0. The second kappa shape index (κ2) is 6.13. The smallest absolute Gasteiger partial charge is 0.214 e. The van der Waals surface area contributed by atoms with Crippen molar-refractivity contribution in [3.05, 3.63) is 12.7 Å². The van der Waals surface area contributed by atoms with Crippen molar-refractivity contribution in [1.29, 1.82) is 0 Å². The Kier molecular flexibility index (Phi) is 5.95. The molecule has 0 bridgehead atoms. The topological polar surface area (TPSA) is 41.5 Å².